The monoisotopic (exact) mass is 153 g/mol. The molecule has 0 fully saturated rings. The highest BCUT2D eigenvalue weighted by Crippen LogP contribution is 1.94. The minimum atomic E-state index is 0.0896. The van der Waals surface area contributed by atoms with Crippen LogP contribution in [0.4, 0.5) is 0 Å². The van der Waals surface area contributed by atoms with Crippen molar-refractivity contribution in [3.8, 4) is 0 Å². The highest BCUT2D eigenvalue weighted by atomic mass is 16.1. The minimum Gasteiger partial charge on any atom is -0.353 e. The van der Waals surface area contributed by atoms with Crippen molar-refractivity contribution in [2.24, 2.45) is 0 Å². The molecule has 0 aliphatic rings. The van der Waals surface area contributed by atoms with Crippen molar-refractivity contribution < 1.29 is 4.79 Å². The van der Waals surface area contributed by atoms with Crippen LogP contribution in [0.5, 0.6) is 0 Å². The molecule has 0 saturated heterocycles. The Morgan fingerprint density at radius 2 is 2.09 bits per heavy atom. The van der Waals surface area contributed by atoms with Crippen molar-refractivity contribution in [2.75, 3.05) is 6.54 Å². The molecule has 0 spiro atoms. The molecule has 2 heteroatoms. The van der Waals surface area contributed by atoms with Gasteiger partial charge in [-0.05, 0) is 12.8 Å². The van der Waals surface area contributed by atoms with Crippen molar-refractivity contribution in [3.05, 3.63) is 25.3 Å². The fourth-order valence-corrected chi connectivity index (χ4v) is 0.681. The highest BCUT2D eigenvalue weighted by Gasteiger charge is 1.96. The van der Waals surface area contributed by atoms with Gasteiger partial charge in [-0.1, -0.05) is 12.2 Å². The van der Waals surface area contributed by atoms with Crippen LogP contribution >= 0.6 is 0 Å². The zero-order valence-electron chi connectivity index (χ0n) is 6.81. The summed E-state index contributed by atoms with van der Waals surface area (Å²) < 4.78 is 0. The van der Waals surface area contributed by atoms with Crippen LogP contribution in [-0.4, -0.2) is 12.5 Å². The lowest BCUT2D eigenvalue weighted by molar-refractivity contribution is -0.120. The van der Waals surface area contributed by atoms with Gasteiger partial charge in [0.1, 0.15) is 0 Å². The Bertz CT molecular complexity index is 140. The molecule has 0 heterocycles. The van der Waals surface area contributed by atoms with Gasteiger partial charge in [0.25, 0.3) is 0 Å². The van der Waals surface area contributed by atoms with Gasteiger partial charge in [-0.3, -0.25) is 4.79 Å². The average molecular weight is 153 g/mol. The van der Waals surface area contributed by atoms with Crippen molar-refractivity contribution in [1.82, 2.24) is 5.32 Å². The number of rotatable bonds is 6. The van der Waals surface area contributed by atoms with Gasteiger partial charge in [0.2, 0.25) is 5.91 Å². The van der Waals surface area contributed by atoms with E-state index in [1.54, 1.807) is 6.08 Å². The molecular formula is C9H15NO. The van der Waals surface area contributed by atoms with Crippen molar-refractivity contribution in [1.29, 1.82) is 0 Å². The van der Waals surface area contributed by atoms with E-state index in [1.807, 2.05) is 6.08 Å². The molecule has 62 valence electrons. The molecular weight excluding hydrogens is 138 g/mol. The van der Waals surface area contributed by atoms with E-state index < -0.39 is 0 Å². The number of hydrogen-bond acceptors (Lipinski definition) is 1. The number of carbonyl (C=O) groups excluding carboxylic acids is 1. The van der Waals surface area contributed by atoms with Gasteiger partial charge in [0, 0.05) is 13.0 Å². The lowest BCUT2D eigenvalue weighted by Gasteiger charge is -1.99. The summed E-state index contributed by atoms with van der Waals surface area (Å²) in [7, 11) is 0. The van der Waals surface area contributed by atoms with Crippen LogP contribution in [0.25, 0.3) is 0 Å². The summed E-state index contributed by atoms with van der Waals surface area (Å²) in [6, 6.07) is 0. The fourth-order valence-electron chi connectivity index (χ4n) is 0.681. The van der Waals surface area contributed by atoms with E-state index in [0.29, 0.717) is 13.0 Å². The molecule has 0 unspecified atom stereocenters. The summed E-state index contributed by atoms with van der Waals surface area (Å²) in [5.41, 5.74) is 0. The molecule has 0 bridgehead atoms. The fraction of sp³-hybridized carbons (Fsp3) is 0.444. The second-order valence-electron chi connectivity index (χ2n) is 2.27. The molecule has 0 aliphatic heterocycles. The third-order valence-corrected chi connectivity index (χ3v) is 1.26. The van der Waals surface area contributed by atoms with E-state index >= 15 is 0 Å². The van der Waals surface area contributed by atoms with E-state index in [-0.39, 0.29) is 5.91 Å². The Kier molecular flexibility index (Phi) is 6.39. The molecule has 1 N–H and O–H groups in total. The third-order valence-electron chi connectivity index (χ3n) is 1.26. The summed E-state index contributed by atoms with van der Waals surface area (Å²) in [4.78, 5) is 10.9. The number of nitrogens with one attached hydrogen (secondary N) is 1. The number of amides is 1. The first kappa shape index (κ1) is 9.95. The Balaban J connectivity index is 3.21. The molecule has 0 aromatic rings. The van der Waals surface area contributed by atoms with Crippen molar-refractivity contribution in [2.45, 2.75) is 19.3 Å². The summed E-state index contributed by atoms with van der Waals surface area (Å²) in [5, 5.41) is 2.70. The number of allylic oxidation sites excluding steroid dienone is 1. The Hall–Kier alpha value is -1.05. The number of unbranched alkanes of at least 4 members (excludes halogenated alkanes) is 1. The second kappa shape index (κ2) is 7.06. The molecule has 0 radical (unpaired) electrons. The molecule has 1 amide bonds. The molecule has 2 nitrogen and oxygen atoms in total. The maximum atomic E-state index is 10.9. The van der Waals surface area contributed by atoms with Gasteiger partial charge >= 0.3 is 0 Å². The van der Waals surface area contributed by atoms with E-state index in [1.165, 1.54) is 0 Å². The Morgan fingerprint density at radius 3 is 2.64 bits per heavy atom. The van der Waals surface area contributed by atoms with Gasteiger partial charge < -0.3 is 5.32 Å². The lowest BCUT2D eigenvalue weighted by Crippen LogP contribution is -2.22. The van der Waals surface area contributed by atoms with Crippen LogP contribution in [0.15, 0.2) is 25.3 Å². The predicted octanol–water partition coefficient (Wildman–Crippen LogP) is 1.64. The van der Waals surface area contributed by atoms with Crippen LogP contribution in [0.1, 0.15) is 19.3 Å². The van der Waals surface area contributed by atoms with E-state index in [9.17, 15) is 4.79 Å². The Morgan fingerprint density at radius 1 is 1.36 bits per heavy atom. The Labute approximate surface area is 68.0 Å². The number of hydrogen-bond donors (Lipinski definition) is 1. The molecule has 11 heavy (non-hydrogen) atoms. The summed E-state index contributed by atoms with van der Waals surface area (Å²) in [5.74, 6) is 0.0896. The molecule has 0 aliphatic carbocycles. The molecule has 0 rings (SSSR count). The largest absolute Gasteiger partial charge is 0.353 e. The van der Waals surface area contributed by atoms with Gasteiger partial charge in [0.15, 0.2) is 0 Å². The van der Waals surface area contributed by atoms with Crippen LogP contribution in [-0.2, 0) is 4.79 Å². The standard InChI is InChI=1S/C9H15NO/c1-3-5-6-7-9(11)10-8-4-2/h3-4H,1-2,5-8H2,(H,10,11). The maximum absolute atomic E-state index is 10.9. The lowest BCUT2D eigenvalue weighted by atomic mass is 10.2. The van der Waals surface area contributed by atoms with Crippen LogP contribution in [0.2, 0.25) is 0 Å². The first-order valence-corrected chi connectivity index (χ1v) is 3.79. The normalized spacial score (nSPS) is 8.73. The predicted molar refractivity (Wildman–Crippen MR) is 47.3 cm³/mol. The molecule has 0 saturated carbocycles. The first-order valence-electron chi connectivity index (χ1n) is 3.79. The minimum absolute atomic E-state index is 0.0896. The van der Waals surface area contributed by atoms with Crippen LogP contribution in [0, 0.1) is 0 Å². The van der Waals surface area contributed by atoms with Gasteiger partial charge in [-0.15, -0.1) is 13.2 Å². The zero-order valence-corrected chi connectivity index (χ0v) is 6.81. The van der Waals surface area contributed by atoms with Crippen LogP contribution in [0.3, 0.4) is 0 Å². The summed E-state index contributed by atoms with van der Waals surface area (Å²) in [6.07, 6.45) is 5.86. The SMILES string of the molecule is C=CCCCC(=O)NCC=C. The van der Waals surface area contributed by atoms with E-state index in [0.717, 1.165) is 12.8 Å². The summed E-state index contributed by atoms with van der Waals surface area (Å²) in [6.45, 7) is 7.63. The van der Waals surface area contributed by atoms with Crippen molar-refractivity contribution >= 4 is 5.91 Å². The van der Waals surface area contributed by atoms with E-state index in [4.69, 9.17) is 0 Å². The van der Waals surface area contributed by atoms with E-state index in [2.05, 4.69) is 18.5 Å². The molecule has 0 atom stereocenters. The molecule has 0 aromatic carbocycles. The molecule has 0 aromatic heterocycles. The average Bonchev–Trinajstić information content (AvgIpc) is 2.01. The quantitative estimate of drug-likeness (QED) is 0.456. The smallest absolute Gasteiger partial charge is 0.220 e. The zero-order chi connectivity index (χ0) is 8.53. The van der Waals surface area contributed by atoms with Gasteiger partial charge in [0.05, 0.1) is 0 Å². The summed E-state index contributed by atoms with van der Waals surface area (Å²) >= 11 is 0. The van der Waals surface area contributed by atoms with Crippen molar-refractivity contribution in [3.63, 3.8) is 0 Å². The highest BCUT2D eigenvalue weighted by molar-refractivity contribution is 5.75. The van der Waals surface area contributed by atoms with Gasteiger partial charge in [-0.2, -0.15) is 0 Å². The number of carbonyl (C=O) groups is 1. The van der Waals surface area contributed by atoms with Gasteiger partial charge in [-0.25, -0.2) is 0 Å². The first-order chi connectivity index (χ1) is 5.31. The third kappa shape index (κ3) is 6.84. The maximum Gasteiger partial charge on any atom is 0.220 e. The topological polar surface area (TPSA) is 29.1 Å². The second-order valence-corrected chi connectivity index (χ2v) is 2.27. The van der Waals surface area contributed by atoms with Crippen LogP contribution < -0.4 is 5.32 Å².